The summed E-state index contributed by atoms with van der Waals surface area (Å²) in [6.45, 7) is 2.91. The van der Waals surface area contributed by atoms with E-state index in [0.717, 1.165) is 12.2 Å². The monoisotopic (exact) mass is 190 g/mol. The Balaban J connectivity index is 2.16. The van der Waals surface area contributed by atoms with Crippen LogP contribution in [-0.4, -0.2) is 23.4 Å². The van der Waals surface area contributed by atoms with Crippen molar-refractivity contribution in [3.63, 3.8) is 0 Å². The van der Waals surface area contributed by atoms with E-state index in [1.807, 2.05) is 18.3 Å². The summed E-state index contributed by atoms with van der Waals surface area (Å²) >= 11 is 0. The van der Waals surface area contributed by atoms with Crippen LogP contribution in [0.25, 0.3) is 0 Å². The molecule has 0 aromatic carbocycles. The fraction of sp³-hybridized carbons (Fsp3) is 0.455. The first-order valence-corrected chi connectivity index (χ1v) is 4.96. The maximum Gasteiger partial charge on any atom is 0.136 e. The standard InChI is InChI=1S/C11H14N2O/c1-9-7-11(14)4-6-13(9)10-3-2-5-12-8-10/h2-3,5,8-9H,4,6-7H2,1H3. The molecule has 0 saturated carbocycles. The fourth-order valence-corrected chi connectivity index (χ4v) is 1.91. The smallest absolute Gasteiger partial charge is 0.136 e. The first-order valence-electron chi connectivity index (χ1n) is 4.96. The highest BCUT2D eigenvalue weighted by Gasteiger charge is 2.23. The molecular formula is C11H14N2O. The molecule has 0 amide bonds. The number of rotatable bonds is 1. The van der Waals surface area contributed by atoms with Crippen molar-refractivity contribution in [1.29, 1.82) is 0 Å². The quantitative estimate of drug-likeness (QED) is 0.675. The number of carbonyl (C=O) groups is 1. The summed E-state index contributed by atoms with van der Waals surface area (Å²) in [5, 5.41) is 0. The lowest BCUT2D eigenvalue weighted by atomic mass is 10.0. The van der Waals surface area contributed by atoms with Crippen LogP contribution in [0.1, 0.15) is 19.8 Å². The second-order valence-corrected chi connectivity index (χ2v) is 3.75. The minimum Gasteiger partial charge on any atom is -0.367 e. The minimum atomic E-state index is 0.306. The van der Waals surface area contributed by atoms with Gasteiger partial charge in [0.25, 0.3) is 0 Å². The lowest BCUT2D eigenvalue weighted by Crippen LogP contribution is -2.41. The second kappa shape index (κ2) is 3.78. The van der Waals surface area contributed by atoms with Crippen molar-refractivity contribution < 1.29 is 4.79 Å². The van der Waals surface area contributed by atoms with Gasteiger partial charge >= 0.3 is 0 Å². The second-order valence-electron chi connectivity index (χ2n) is 3.75. The van der Waals surface area contributed by atoms with E-state index >= 15 is 0 Å². The molecule has 1 unspecified atom stereocenters. The fourth-order valence-electron chi connectivity index (χ4n) is 1.91. The number of nitrogens with zero attached hydrogens (tertiary/aromatic N) is 2. The van der Waals surface area contributed by atoms with Gasteiger partial charge in [-0.3, -0.25) is 9.78 Å². The van der Waals surface area contributed by atoms with Crippen molar-refractivity contribution in [2.45, 2.75) is 25.8 Å². The highest BCUT2D eigenvalue weighted by Crippen LogP contribution is 2.21. The Morgan fingerprint density at radius 2 is 2.43 bits per heavy atom. The zero-order valence-electron chi connectivity index (χ0n) is 8.31. The lowest BCUT2D eigenvalue weighted by Gasteiger charge is -2.34. The van der Waals surface area contributed by atoms with Crippen molar-refractivity contribution in [3.8, 4) is 0 Å². The molecular weight excluding hydrogens is 176 g/mol. The summed E-state index contributed by atoms with van der Waals surface area (Å²) in [5.74, 6) is 0.373. The van der Waals surface area contributed by atoms with Gasteiger partial charge in [0, 0.05) is 31.6 Å². The average Bonchev–Trinajstić information content (AvgIpc) is 2.19. The van der Waals surface area contributed by atoms with E-state index < -0.39 is 0 Å². The third kappa shape index (κ3) is 1.76. The summed E-state index contributed by atoms with van der Waals surface area (Å²) in [6, 6.07) is 4.28. The van der Waals surface area contributed by atoms with E-state index in [-0.39, 0.29) is 0 Å². The Hall–Kier alpha value is -1.38. The van der Waals surface area contributed by atoms with Gasteiger partial charge < -0.3 is 4.90 Å². The predicted molar refractivity (Wildman–Crippen MR) is 55.3 cm³/mol. The van der Waals surface area contributed by atoms with Crippen molar-refractivity contribution in [3.05, 3.63) is 24.5 Å². The number of piperidine rings is 1. The Bertz CT molecular complexity index is 323. The van der Waals surface area contributed by atoms with E-state index in [1.54, 1.807) is 6.20 Å². The molecule has 0 bridgehead atoms. The molecule has 1 fully saturated rings. The van der Waals surface area contributed by atoms with Crippen LogP contribution in [0, 0.1) is 0 Å². The zero-order valence-corrected chi connectivity index (χ0v) is 8.31. The largest absolute Gasteiger partial charge is 0.367 e. The van der Waals surface area contributed by atoms with Crippen molar-refractivity contribution in [2.75, 3.05) is 11.4 Å². The van der Waals surface area contributed by atoms with Gasteiger partial charge in [0.2, 0.25) is 0 Å². The molecule has 3 heteroatoms. The van der Waals surface area contributed by atoms with Crippen LogP contribution < -0.4 is 4.90 Å². The first-order chi connectivity index (χ1) is 6.77. The average molecular weight is 190 g/mol. The molecule has 2 rings (SSSR count). The molecule has 3 nitrogen and oxygen atoms in total. The van der Waals surface area contributed by atoms with E-state index in [9.17, 15) is 4.79 Å². The van der Waals surface area contributed by atoms with Crippen LogP contribution in [0.15, 0.2) is 24.5 Å². The Labute approximate surface area is 83.8 Å². The molecule has 1 aromatic heterocycles. The van der Waals surface area contributed by atoms with Crippen molar-refractivity contribution in [2.24, 2.45) is 0 Å². The van der Waals surface area contributed by atoms with Gasteiger partial charge in [0.05, 0.1) is 11.9 Å². The third-order valence-corrected chi connectivity index (χ3v) is 2.66. The lowest BCUT2D eigenvalue weighted by molar-refractivity contribution is -0.120. The van der Waals surface area contributed by atoms with Gasteiger partial charge in [0.15, 0.2) is 0 Å². The number of ketones is 1. The summed E-state index contributed by atoms with van der Waals surface area (Å²) in [4.78, 5) is 17.5. The van der Waals surface area contributed by atoms with E-state index in [4.69, 9.17) is 0 Å². The van der Waals surface area contributed by atoms with Gasteiger partial charge in [0.1, 0.15) is 5.78 Å². The van der Waals surface area contributed by atoms with E-state index in [2.05, 4.69) is 16.8 Å². The van der Waals surface area contributed by atoms with Crippen molar-refractivity contribution >= 4 is 11.5 Å². The van der Waals surface area contributed by atoms with Crippen LogP contribution in [0.5, 0.6) is 0 Å². The highest BCUT2D eigenvalue weighted by atomic mass is 16.1. The first kappa shape index (κ1) is 9.19. The third-order valence-electron chi connectivity index (χ3n) is 2.66. The van der Waals surface area contributed by atoms with Gasteiger partial charge in [-0.25, -0.2) is 0 Å². The number of anilines is 1. The number of carbonyl (C=O) groups excluding carboxylic acids is 1. The van der Waals surface area contributed by atoms with Gasteiger partial charge in [-0.15, -0.1) is 0 Å². The number of aromatic nitrogens is 1. The Morgan fingerprint density at radius 1 is 1.57 bits per heavy atom. The SMILES string of the molecule is CC1CC(=O)CCN1c1cccnc1. The molecule has 0 aliphatic carbocycles. The van der Waals surface area contributed by atoms with Crippen LogP contribution in [0.2, 0.25) is 0 Å². The zero-order chi connectivity index (χ0) is 9.97. The van der Waals surface area contributed by atoms with Crippen molar-refractivity contribution in [1.82, 2.24) is 4.98 Å². The van der Waals surface area contributed by atoms with Gasteiger partial charge in [-0.05, 0) is 19.1 Å². The maximum atomic E-state index is 11.2. The molecule has 2 heterocycles. The topological polar surface area (TPSA) is 33.2 Å². The predicted octanol–water partition coefficient (Wildman–Crippen LogP) is 1.64. The van der Waals surface area contributed by atoms with Gasteiger partial charge in [-0.2, -0.15) is 0 Å². The molecule has 74 valence electrons. The Morgan fingerprint density at radius 3 is 3.07 bits per heavy atom. The molecule has 1 aliphatic rings. The van der Waals surface area contributed by atoms with E-state index in [1.165, 1.54) is 0 Å². The number of Topliss-reactive ketones (excluding diaryl/α,β-unsaturated/α-hetero) is 1. The maximum absolute atomic E-state index is 11.2. The van der Waals surface area contributed by atoms with Crippen LogP contribution in [0.3, 0.4) is 0 Å². The van der Waals surface area contributed by atoms with Crippen LogP contribution >= 0.6 is 0 Å². The molecule has 0 radical (unpaired) electrons. The number of hydrogen-bond donors (Lipinski definition) is 0. The molecule has 0 N–H and O–H groups in total. The molecule has 1 aliphatic heterocycles. The Kier molecular flexibility index (Phi) is 2.48. The molecule has 1 saturated heterocycles. The minimum absolute atomic E-state index is 0.306. The highest BCUT2D eigenvalue weighted by molar-refractivity contribution is 5.81. The van der Waals surface area contributed by atoms with Crippen LogP contribution in [-0.2, 0) is 4.79 Å². The molecule has 1 atom stereocenters. The number of hydrogen-bond acceptors (Lipinski definition) is 3. The molecule has 0 spiro atoms. The van der Waals surface area contributed by atoms with Crippen LogP contribution in [0.4, 0.5) is 5.69 Å². The van der Waals surface area contributed by atoms with E-state index in [0.29, 0.717) is 24.7 Å². The normalized spacial score (nSPS) is 22.5. The summed E-state index contributed by atoms with van der Waals surface area (Å²) in [5.41, 5.74) is 1.12. The molecule has 1 aromatic rings. The summed E-state index contributed by atoms with van der Waals surface area (Å²) in [7, 11) is 0. The summed E-state index contributed by atoms with van der Waals surface area (Å²) in [6.07, 6.45) is 4.95. The number of pyridine rings is 1. The summed E-state index contributed by atoms with van der Waals surface area (Å²) < 4.78 is 0. The van der Waals surface area contributed by atoms with Gasteiger partial charge in [-0.1, -0.05) is 0 Å². The molecule has 14 heavy (non-hydrogen) atoms.